The summed E-state index contributed by atoms with van der Waals surface area (Å²) in [5.41, 5.74) is 1.71. The molecule has 3 aromatic rings. The molecule has 1 N–H and O–H groups in total. The zero-order valence-corrected chi connectivity index (χ0v) is 23.2. The lowest BCUT2D eigenvalue weighted by atomic mass is 9.74. The first-order valence-corrected chi connectivity index (χ1v) is 14.4. The van der Waals surface area contributed by atoms with Crippen molar-refractivity contribution in [1.82, 2.24) is 4.31 Å². The van der Waals surface area contributed by atoms with E-state index in [1.54, 1.807) is 17.0 Å². The molecule has 192 valence electrons. The third-order valence-electron chi connectivity index (χ3n) is 7.05. The van der Waals surface area contributed by atoms with Gasteiger partial charge in [-0.2, -0.15) is 4.31 Å². The van der Waals surface area contributed by atoms with E-state index in [4.69, 9.17) is 23.2 Å². The topological polar surface area (TPSA) is 95.0 Å². The van der Waals surface area contributed by atoms with Crippen LogP contribution in [0.2, 0.25) is 10.0 Å². The molecule has 0 aliphatic carbocycles. The van der Waals surface area contributed by atoms with Gasteiger partial charge in [0.05, 0.1) is 22.5 Å². The van der Waals surface area contributed by atoms with Crippen LogP contribution < -0.4 is 4.90 Å². The Hall–Kier alpha value is -2.43. The van der Waals surface area contributed by atoms with Crippen LogP contribution in [0.15, 0.2) is 70.0 Å². The third-order valence-corrected chi connectivity index (χ3v) is 10.2. The van der Waals surface area contributed by atoms with Gasteiger partial charge in [0.2, 0.25) is 15.9 Å². The number of rotatable bonds is 5. The maximum atomic E-state index is 14.0. The number of hydrogen-bond donors (Lipinski definition) is 1. The van der Waals surface area contributed by atoms with Gasteiger partial charge < -0.3 is 10.0 Å². The first kappa shape index (κ1) is 26.2. The highest BCUT2D eigenvalue weighted by Crippen LogP contribution is 2.50. The third kappa shape index (κ3) is 4.57. The molecule has 2 aliphatic rings. The van der Waals surface area contributed by atoms with E-state index in [2.05, 4.69) is 15.9 Å². The molecule has 0 bridgehead atoms. The fourth-order valence-electron chi connectivity index (χ4n) is 5.11. The quantitative estimate of drug-likeness (QED) is 0.392. The van der Waals surface area contributed by atoms with Crippen LogP contribution in [0.3, 0.4) is 0 Å². The van der Waals surface area contributed by atoms with E-state index in [0.29, 0.717) is 12.8 Å². The standard InChI is InChI=1S/C26H21BrCl2N2O5S/c27-18-5-8-22-20(13-18)26(25(34)31(22)15-16-1-3-17(4-2-16)24(32)33)9-11-30(12-10-26)37(35,36)23-14-19(28)6-7-21(23)29/h1-8,13-14H,9-12,15H2,(H,32,33). The van der Waals surface area contributed by atoms with Crippen molar-refractivity contribution in [2.75, 3.05) is 18.0 Å². The maximum Gasteiger partial charge on any atom is 0.335 e. The highest BCUT2D eigenvalue weighted by molar-refractivity contribution is 9.10. The molecular formula is C26H21BrCl2N2O5S. The van der Waals surface area contributed by atoms with E-state index in [1.165, 1.54) is 34.6 Å². The van der Waals surface area contributed by atoms with Crippen molar-refractivity contribution in [3.05, 3.63) is 91.9 Å². The normalized spacial score (nSPS) is 17.3. The number of halogens is 3. The Kier molecular flexibility index (Phi) is 6.87. The molecule has 0 aromatic heterocycles. The molecule has 0 radical (unpaired) electrons. The van der Waals surface area contributed by atoms with E-state index in [1.807, 2.05) is 18.2 Å². The van der Waals surface area contributed by atoms with Gasteiger partial charge in [0, 0.05) is 28.3 Å². The van der Waals surface area contributed by atoms with Crippen molar-refractivity contribution in [3.8, 4) is 0 Å². The average molecular weight is 624 g/mol. The van der Waals surface area contributed by atoms with Gasteiger partial charge in [0.25, 0.3) is 0 Å². The van der Waals surface area contributed by atoms with Crippen LogP contribution in [0.5, 0.6) is 0 Å². The molecule has 1 amide bonds. The number of sulfonamides is 1. The average Bonchev–Trinajstić information content (AvgIpc) is 3.08. The molecule has 0 unspecified atom stereocenters. The second-order valence-corrected chi connectivity index (χ2v) is 12.8. The highest BCUT2D eigenvalue weighted by Gasteiger charge is 2.53. The Bertz CT molecular complexity index is 1520. The molecule has 1 saturated heterocycles. The van der Waals surface area contributed by atoms with Crippen molar-refractivity contribution in [3.63, 3.8) is 0 Å². The summed E-state index contributed by atoms with van der Waals surface area (Å²) < 4.78 is 28.9. The number of carbonyl (C=O) groups excluding carboxylic acids is 1. The van der Waals surface area contributed by atoms with Gasteiger partial charge in [-0.1, -0.05) is 51.3 Å². The minimum atomic E-state index is -3.90. The number of aromatic carboxylic acids is 1. The Balaban J connectivity index is 1.44. The van der Waals surface area contributed by atoms with E-state index in [-0.39, 0.29) is 46.0 Å². The number of carbonyl (C=O) groups is 2. The van der Waals surface area contributed by atoms with Gasteiger partial charge in [-0.05, 0) is 72.5 Å². The number of carboxylic acids is 1. The largest absolute Gasteiger partial charge is 0.478 e. The predicted molar refractivity (Wildman–Crippen MR) is 145 cm³/mol. The number of nitrogens with zero attached hydrogens (tertiary/aromatic N) is 2. The summed E-state index contributed by atoms with van der Waals surface area (Å²) in [4.78, 5) is 26.8. The fraction of sp³-hybridized carbons (Fsp3) is 0.231. The number of amides is 1. The van der Waals surface area contributed by atoms with Crippen molar-refractivity contribution < 1.29 is 23.1 Å². The SMILES string of the molecule is O=C(O)c1ccc(CN2C(=O)C3(CCN(S(=O)(=O)c4cc(Cl)ccc4Cl)CC3)c3cc(Br)ccc32)cc1. The van der Waals surface area contributed by atoms with E-state index >= 15 is 0 Å². The molecule has 5 rings (SSSR count). The molecule has 2 aliphatic heterocycles. The van der Waals surface area contributed by atoms with Crippen LogP contribution in [0.25, 0.3) is 0 Å². The number of piperidine rings is 1. The molecule has 3 aromatic carbocycles. The molecule has 0 atom stereocenters. The van der Waals surface area contributed by atoms with Crippen LogP contribution in [-0.4, -0.2) is 42.8 Å². The monoisotopic (exact) mass is 622 g/mol. The van der Waals surface area contributed by atoms with Crippen molar-refractivity contribution in [1.29, 1.82) is 0 Å². The summed E-state index contributed by atoms with van der Waals surface area (Å²) in [6.45, 7) is 0.559. The van der Waals surface area contributed by atoms with Crippen LogP contribution in [0, 0.1) is 0 Å². The second kappa shape index (κ2) is 9.71. The fourth-order valence-corrected chi connectivity index (χ4v) is 7.65. The molecule has 11 heteroatoms. The summed E-state index contributed by atoms with van der Waals surface area (Å²) in [6, 6.07) is 16.4. The van der Waals surface area contributed by atoms with Gasteiger partial charge in [0.15, 0.2) is 0 Å². The molecule has 1 spiro atoms. The minimum Gasteiger partial charge on any atom is -0.478 e. The van der Waals surface area contributed by atoms with Crippen LogP contribution >= 0.6 is 39.1 Å². The van der Waals surface area contributed by atoms with Crippen molar-refractivity contribution >= 4 is 66.7 Å². The molecule has 37 heavy (non-hydrogen) atoms. The predicted octanol–water partition coefficient (Wildman–Crippen LogP) is 5.72. The Morgan fingerprint density at radius 3 is 2.32 bits per heavy atom. The summed E-state index contributed by atoms with van der Waals surface area (Å²) in [5.74, 6) is -1.11. The zero-order valence-electron chi connectivity index (χ0n) is 19.3. The minimum absolute atomic E-state index is 0.0510. The van der Waals surface area contributed by atoms with E-state index in [9.17, 15) is 23.1 Å². The number of fused-ring (bicyclic) bond motifs is 2. The number of anilines is 1. The Morgan fingerprint density at radius 1 is 1.00 bits per heavy atom. The zero-order chi connectivity index (χ0) is 26.5. The highest BCUT2D eigenvalue weighted by atomic mass is 79.9. The van der Waals surface area contributed by atoms with E-state index in [0.717, 1.165) is 21.3 Å². The second-order valence-electron chi connectivity index (χ2n) is 9.12. The molecule has 2 heterocycles. The lowest BCUT2D eigenvalue weighted by Gasteiger charge is -2.38. The van der Waals surface area contributed by atoms with Gasteiger partial charge in [-0.3, -0.25) is 4.79 Å². The first-order chi connectivity index (χ1) is 17.5. The lowest BCUT2D eigenvalue weighted by molar-refractivity contribution is -0.124. The molecule has 7 nitrogen and oxygen atoms in total. The summed E-state index contributed by atoms with van der Waals surface area (Å²) >= 11 is 15.7. The summed E-state index contributed by atoms with van der Waals surface area (Å²) in [5, 5.41) is 9.54. The molecule has 1 fully saturated rings. The number of hydrogen-bond acceptors (Lipinski definition) is 4. The van der Waals surface area contributed by atoms with Gasteiger partial charge in [-0.25, -0.2) is 13.2 Å². The molecule has 0 saturated carbocycles. The van der Waals surface area contributed by atoms with Crippen LogP contribution in [-0.2, 0) is 26.8 Å². The first-order valence-electron chi connectivity index (χ1n) is 11.4. The lowest BCUT2D eigenvalue weighted by Crippen LogP contribution is -2.50. The Labute approximate surface area is 232 Å². The number of benzene rings is 3. The van der Waals surface area contributed by atoms with Crippen molar-refractivity contribution in [2.24, 2.45) is 0 Å². The van der Waals surface area contributed by atoms with Gasteiger partial charge in [0.1, 0.15) is 4.90 Å². The van der Waals surface area contributed by atoms with Crippen molar-refractivity contribution in [2.45, 2.75) is 29.7 Å². The smallest absolute Gasteiger partial charge is 0.335 e. The van der Waals surface area contributed by atoms with Gasteiger partial charge >= 0.3 is 5.97 Å². The maximum absolute atomic E-state index is 14.0. The molecular weight excluding hydrogens is 603 g/mol. The van der Waals surface area contributed by atoms with Gasteiger partial charge in [-0.15, -0.1) is 0 Å². The van der Waals surface area contributed by atoms with Crippen LogP contribution in [0.4, 0.5) is 5.69 Å². The number of carboxylic acid groups (broad SMARTS) is 1. The van der Waals surface area contributed by atoms with Crippen LogP contribution in [0.1, 0.15) is 34.3 Å². The summed E-state index contributed by atoms with van der Waals surface area (Å²) in [7, 11) is -3.90. The van der Waals surface area contributed by atoms with E-state index < -0.39 is 21.4 Å². The Morgan fingerprint density at radius 2 is 1.68 bits per heavy atom. The summed E-state index contributed by atoms with van der Waals surface area (Å²) in [6.07, 6.45) is 0.613.